The maximum absolute atomic E-state index is 12.3. The predicted molar refractivity (Wildman–Crippen MR) is 117 cm³/mol. The molecule has 134 valence electrons. The van der Waals surface area contributed by atoms with E-state index in [9.17, 15) is 4.79 Å². The third-order valence-electron chi connectivity index (χ3n) is 5.53. The normalized spacial score (nSPS) is 15.5. The van der Waals surface area contributed by atoms with Crippen molar-refractivity contribution in [1.29, 1.82) is 0 Å². The van der Waals surface area contributed by atoms with Crippen molar-refractivity contribution >= 4 is 33.4 Å². The van der Waals surface area contributed by atoms with Gasteiger partial charge in [0.05, 0.1) is 0 Å². The second-order valence-corrected chi connectivity index (χ2v) is 7.37. The van der Waals surface area contributed by atoms with Crippen LogP contribution in [0.2, 0.25) is 0 Å². The average molecular weight is 360 g/mol. The average Bonchev–Trinajstić information content (AvgIpc) is 3.07. The summed E-state index contributed by atoms with van der Waals surface area (Å²) in [5, 5.41) is 4.95. The molecule has 0 saturated carbocycles. The van der Waals surface area contributed by atoms with Gasteiger partial charge in [0, 0.05) is 6.42 Å². The van der Waals surface area contributed by atoms with Crippen LogP contribution in [0.4, 0.5) is 0 Å². The molecule has 5 rings (SSSR count). The number of allylic oxidation sites excluding steroid dienone is 3. The molecular formula is C27H20O. The Bertz CT molecular complexity index is 1260. The summed E-state index contributed by atoms with van der Waals surface area (Å²) in [7, 11) is 0. The maximum Gasteiger partial charge on any atom is 0.160 e. The zero-order valence-corrected chi connectivity index (χ0v) is 15.6. The highest BCUT2D eigenvalue weighted by Crippen LogP contribution is 2.32. The highest BCUT2D eigenvalue weighted by atomic mass is 16.1. The molecule has 1 aliphatic rings. The van der Waals surface area contributed by atoms with Crippen LogP contribution in [0.25, 0.3) is 27.6 Å². The van der Waals surface area contributed by atoms with Gasteiger partial charge in [-0.1, -0.05) is 91.0 Å². The SMILES string of the molecule is O=C1C=C(Cc2cccc3ccccc23)/C(=C/c2cccc3ccccc23)C1. The molecule has 28 heavy (non-hydrogen) atoms. The monoisotopic (exact) mass is 360 g/mol. The summed E-state index contributed by atoms with van der Waals surface area (Å²) in [5.41, 5.74) is 4.71. The quantitative estimate of drug-likeness (QED) is 0.406. The predicted octanol–water partition coefficient (Wildman–Crippen LogP) is 6.52. The van der Waals surface area contributed by atoms with Crippen LogP contribution in [0.5, 0.6) is 0 Å². The summed E-state index contributed by atoms with van der Waals surface area (Å²) < 4.78 is 0. The molecule has 0 unspecified atom stereocenters. The van der Waals surface area contributed by atoms with Crippen LogP contribution in [0.15, 0.2) is 102 Å². The molecule has 0 spiro atoms. The minimum Gasteiger partial charge on any atom is -0.294 e. The van der Waals surface area contributed by atoms with E-state index in [0.29, 0.717) is 6.42 Å². The summed E-state index contributed by atoms with van der Waals surface area (Å²) in [4.78, 5) is 12.3. The molecule has 0 saturated heterocycles. The molecule has 1 aliphatic carbocycles. The number of carbonyl (C=O) groups is 1. The smallest absolute Gasteiger partial charge is 0.160 e. The van der Waals surface area contributed by atoms with Crippen molar-refractivity contribution in [3.63, 3.8) is 0 Å². The van der Waals surface area contributed by atoms with Gasteiger partial charge in [0.2, 0.25) is 0 Å². The summed E-state index contributed by atoms with van der Waals surface area (Å²) >= 11 is 0. The van der Waals surface area contributed by atoms with E-state index in [-0.39, 0.29) is 5.78 Å². The number of hydrogen-bond acceptors (Lipinski definition) is 1. The van der Waals surface area contributed by atoms with E-state index < -0.39 is 0 Å². The van der Waals surface area contributed by atoms with E-state index in [1.807, 2.05) is 6.08 Å². The summed E-state index contributed by atoms with van der Waals surface area (Å²) in [5.74, 6) is 0.196. The lowest BCUT2D eigenvalue weighted by Crippen LogP contribution is -1.93. The van der Waals surface area contributed by atoms with Gasteiger partial charge in [-0.25, -0.2) is 0 Å². The number of ketones is 1. The first-order chi connectivity index (χ1) is 13.8. The number of benzene rings is 4. The van der Waals surface area contributed by atoms with Gasteiger partial charge in [-0.2, -0.15) is 0 Å². The molecule has 1 nitrogen and oxygen atoms in total. The third-order valence-corrected chi connectivity index (χ3v) is 5.53. The first-order valence-electron chi connectivity index (χ1n) is 9.67. The Morgan fingerprint density at radius 2 is 1.36 bits per heavy atom. The zero-order chi connectivity index (χ0) is 18.9. The van der Waals surface area contributed by atoms with Crippen LogP contribution >= 0.6 is 0 Å². The van der Waals surface area contributed by atoms with Crippen molar-refractivity contribution in [2.24, 2.45) is 0 Å². The van der Waals surface area contributed by atoms with Crippen LogP contribution in [-0.2, 0) is 11.2 Å². The zero-order valence-electron chi connectivity index (χ0n) is 15.6. The molecule has 0 aromatic heterocycles. The lowest BCUT2D eigenvalue weighted by atomic mass is 9.94. The molecule has 0 heterocycles. The number of hydrogen-bond donors (Lipinski definition) is 0. The van der Waals surface area contributed by atoms with Crippen molar-refractivity contribution in [3.05, 3.63) is 113 Å². The van der Waals surface area contributed by atoms with Gasteiger partial charge in [0.15, 0.2) is 5.78 Å². The van der Waals surface area contributed by atoms with E-state index in [4.69, 9.17) is 0 Å². The van der Waals surface area contributed by atoms with Crippen molar-refractivity contribution in [2.45, 2.75) is 12.8 Å². The fourth-order valence-corrected chi connectivity index (χ4v) is 4.16. The number of rotatable bonds is 3. The van der Waals surface area contributed by atoms with Gasteiger partial charge < -0.3 is 0 Å². The Kier molecular flexibility index (Phi) is 4.14. The van der Waals surface area contributed by atoms with Crippen LogP contribution in [0.1, 0.15) is 17.5 Å². The Morgan fingerprint density at radius 1 is 0.714 bits per heavy atom. The molecule has 0 N–H and O–H groups in total. The lowest BCUT2D eigenvalue weighted by Gasteiger charge is -2.10. The highest BCUT2D eigenvalue weighted by molar-refractivity contribution is 6.00. The van der Waals surface area contributed by atoms with Crippen molar-refractivity contribution in [1.82, 2.24) is 0 Å². The van der Waals surface area contributed by atoms with Gasteiger partial charge in [0.25, 0.3) is 0 Å². The molecule has 0 radical (unpaired) electrons. The third kappa shape index (κ3) is 3.05. The van der Waals surface area contributed by atoms with Gasteiger partial charge in [0.1, 0.15) is 0 Å². The molecular weight excluding hydrogens is 340 g/mol. The molecule has 0 amide bonds. The van der Waals surface area contributed by atoms with Crippen LogP contribution in [0, 0.1) is 0 Å². The number of fused-ring (bicyclic) bond motifs is 2. The first kappa shape index (κ1) is 16.7. The second-order valence-electron chi connectivity index (χ2n) is 7.37. The van der Waals surface area contributed by atoms with Gasteiger partial charge in [-0.05, 0) is 56.3 Å². The minimum absolute atomic E-state index is 0.196. The van der Waals surface area contributed by atoms with E-state index in [0.717, 1.165) is 17.6 Å². The topological polar surface area (TPSA) is 17.1 Å². The lowest BCUT2D eigenvalue weighted by molar-refractivity contribution is -0.113. The maximum atomic E-state index is 12.3. The Labute approximate surface area is 164 Å². The minimum atomic E-state index is 0.196. The fourth-order valence-electron chi connectivity index (χ4n) is 4.16. The standard InChI is InChI=1S/C27H20O/c28-25-17-23(15-21-11-5-9-19-7-1-3-13-26(19)21)24(18-25)16-22-12-6-10-20-8-2-4-14-27(20)22/h1-15,18H,16-17H2/b23-15+. The van der Waals surface area contributed by atoms with Gasteiger partial charge in [-0.3, -0.25) is 4.79 Å². The Hall–Kier alpha value is -3.45. The fraction of sp³-hybridized carbons (Fsp3) is 0.0741. The molecule has 0 fully saturated rings. The first-order valence-corrected chi connectivity index (χ1v) is 9.67. The van der Waals surface area contributed by atoms with Crippen molar-refractivity contribution in [2.75, 3.05) is 0 Å². The summed E-state index contributed by atoms with van der Waals surface area (Å²) in [6.45, 7) is 0. The summed E-state index contributed by atoms with van der Waals surface area (Å²) in [6, 6.07) is 29.6. The second kappa shape index (κ2) is 6.94. The molecule has 4 aromatic rings. The molecule has 0 atom stereocenters. The molecule has 0 aliphatic heterocycles. The van der Waals surface area contributed by atoms with E-state index >= 15 is 0 Å². The molecule has 0 bridgehead atoms. The Balaban J connectivity index is 1.56. The van der Waals surface area contributed by atoms with Crippen molar-refractivity contribution < 1.29 is 4.79 Å². The largest absolute Gasteiger partial charge is 0.294 e. The van der Waals surface area contributed by atoms with Crippen LogP contribution < -0.4 is 0 Å². The van der Waals surface area contributed by atoms with E-state index in [1.165, 1.54) is 32.7 Å². The van der Waals surface area contributed by atoms with E-state index in [1.54, 1.807) is 0 Å². The number of carbonyl (C=O) groups excluding carboxylic acids is 1. The van der Waals surface area contributed by atoms with Crippen LogP contribution in [0.3, 0.4) is 0 Å². The van der Waals surface area contributed by atoms with Crippen molar-refractivity contribution in [3.8, 4) is 0 Å². The summed E-state index contributed by atoms with van der Waals surface area (Å²) in [6.07, 6.45) is 5.30. The molecule has 4 aromatic carbocycles. The van der Waals surface area contributed by atoms with Gasteiger partial charge >= 0.3 is 0 Å². The van der Waals surface area contributed by atoms with E-state index in [2.05, 4.69) is 91.0 Å². The highest BCUT2D eigenvalue weighted by Gasteiger charge is 2.19. The molecule has 1 heteroatoms. The Morgan fingerprint density at radius 3 is 2.18 bits per heavy atom. The van der Waals surface area contributed by atoms with Crippen LogP contribution in [-0.4, -0.2) is 5.78 Å². The van der Waals surface area contributed by atoms with Gasteiger partial charge in [-0.15, -0.1) is 0 Å².